The topological polar surface area (TPSA) is 84.9 Å². The maximum absolute atomic E-state index is 13.8. The molecule has 0 radical (unpaired) electrons. The second kappa shape index (κ2) is 11.0. The van der Waals surface area contributed by atoms with E-state index in [1.165, 1.54) is 12.1 Å². The highest BCUT2D eigenvalue weighted by Gasteiger charge is 2.29. The molecule has 0 saturated carbocycles. The minimum absolute atomic E-state index is 0.0844. The molecule has 1 N–H and O–H groups in total. The highest BCUT2D eigenvalue weighted by Crippen LogP contribution is 2.36. The van der Waals surface area contributed by atoms with Gasteiger partial charge in [-0.1, -0.05) is 72.8 Å². The van der Waals surface area contributed by atoms with Gasteiger partial charge in [0.05, 0.1) is 16.6 Å². The van der Waals surface area contributed by atoms with Crippen LogP contribution in [0.15, 0.2) is 108 Å². The summed E-state index contributed by atoms with van der Waals surface area (Å²) in [5.41, 5.74) is 3.15. The van der Waals surface area contributed by atoms with E-state index in [1.807, 2.05) is 61.5 Å². The number of hydrogen-bond donors (Lipinski definition) is 1. The number of benzene rings is 4. The molecule has 5 rings (SSSR count). The van der Waals surface area contributed by atoms with E-state index in [1.54, 1.807) is 36.4 Å². The third-order valence-electron chi connectivity index (χ3n) is 6.37. The molecule has 4 aromatic rings. The van der Waals surface area contributed by atoms with Crippen molar-refractivity contribution >= 4 is 21.6 Å². The van der Waals surface area contributed by atoms with Gasteiger partial charge in [-0.05, 0) is 47.9 Å². The predicted octanol–water partition coefficient (Wildman–Crippen LogP) is 4.87. The molecule has 0 fully saturated rings. The molecule has 7 nitrogen and oxygen atoms in total. The zero-order valence-corrected chi connectivity index (χ0v) is 21.7. The van der Waals surface area contributed by atoms with Crippen LogP contribution in [0, 0.1) is 6.92 Å². The summed E-state index contributed by atoms with van der Waals surface area (Å²) >= 11 is 0. The summed E-state index contributed by atoms with van der Waals surface area (Å²) in [4.78, 5) is 13.7. The third kappa shape index (κ3) is 5.35. The number of amides is 1. The number of hydrogen-bond acceptors (Lipinski definition) is 5. The minimum Gasteiger partial charge on any atom is -0.486 e. The van der Waals surface area contributed by atoms with E-state index in [9.17, 15) is 13.2 Å². The largest absolute Gasteiger partial charge is 0.486 e. The molecular weight excluding hydrogens is 500 g/mol. The molecule has 0 aromatic heterocycles. The van der Waals surface area contributed by atoms with Crippen molar-refractivity contribution in [3.63, 3.8) is 0 Å². The van der Waals surface area contributed by atoms with Crippen molar-refractivity contribution < 1.29 is 22.7 Å². The van der Waals surface area contributed by atoms with E-state index < -0.39 is 28.5 Å². The molecule has 0 saturated heterocycles. The summed E-state index contributed by atoms with van der Waals surface area (Å²) in [5, 5.41) is 3.08. The molecule has 38 heavy (non-hydrogen) atoms. The SMILES string of the molecule is Cc1ccccc1[C@@H](NC(=O)CN(c1ccc2c(c1)OCCO2)S(=O)(=O)c1ccccc1)c1ccccc1. The maximum atomic E-state index is 13.8. The Morgan fingerprint density at radius 3 is 2.18 bits per heavy atom. The molecule has 4 aromatic carbocycles. The molecular formula is C30H28N2O5S. The van der Waals surface area contributed by atoms with Gasteiger partial charge in [0.2, 0.25) is 5.91 Å². The first kappa shape index (κ1) is 25.4. The van der Waals surface area contributed by atoms with Crippen LogP contribution in [0.5, 0.6) is 11.5 Å². The van der Waals surface area contributed by atoms with Crippen LogP contribution in [-0.4, -0.2) is 34.1 Å². The molecule has 1 aliphatic heterocycles. The lowest BCUT2D eigenvalue weighted by molar-refractivity contribution is -0.120. The molecule has 1 amide bonds. The fourth-order valence-electron chi connectivity index (χ4n) is 4.46. The third-order valence-corrected chi connectivity index (χ3v) is 8.16. The van der Waals surface area contributed by atoms with Crippen molar-refractivity contribution in [1.29, 1.82) is 0 Å². The Labute approximate surface area is 222 Å². The van der Waals surface area contributed by atoms with E-state index in [2.05, 4.69) is 5.32 Å². The summed E-state index contributed by atoms with van der Waals surface area (Å²) < 4.78 is 40.0. The van der Waals surface area contributed by atoms with Crippen molar-refractivity contribution in [3.8, 4) is 11.5 Å². The number of carbonyl (C=O) groups excluding carboxylic acids is 1. The van der Waals surface area contributed by atoms with Crippen molar-refractivity contribution in [3.05, 3.63) is 120 Å². The fourth-order valence-corrected chi connectivity index (χ4v) is 5.89. The van der Waals surface area contributed by atoms with Crippen molar-refractivity contribution in [2.75, 3.05) is 24.1 Å². The van der Waals surface area contributed by atoms with Gasteiger partial charge in [0.15, 0.2) is 11.5 Å². The van der Waals surface area contributed by atoms with Gasteiger partial charge in [-0.15, -0.1) is 0 Å². The smallest absolute Gasteiger partial charge is 0.264 e. The first-order valence-electron chi connectivity index (χ1n) is 12.3. The van der Waals surface area contributed by atoms with Crippen LogP contribution < -0.4 is 19.1 Å². The molecule has 0 aliphatic carbocycles. The highest BCUT2D eigenvalue weighted by atomic mass is 32.2. The van der Waals surface area contributed by atoms with Crippen molar-refractivity contribution in [2.24, 2.45) is 0 Å². The van der Waals surface area contributed by atoms with E-state index >= 15 is 0 Å². The minimum atomic E-state index is -4.07. The standard InChI is InChI=1S/C30H28N2O5S/c1-22-10-8-9-15-26(22)30(23-11-4-2-5-12-23)31-29(33)21-32(38(34,35)25-13-6-3-7-14-25)24-16-17-27-28(20-24)37-19-18-36-27/h2-17,20,30H,18-19,21H2,1H3,(H,31,33)/t30-/m0/s1. The highest BCUT2D eigenvalue weighted by molar-refractivity contribution is 7.92. The Bertz CT molecular complexity index is 1530. The summed E-state index contributed by atoms with van der Waals surface area (Å²) in [6.45, 7) is 2.34. The lowest BCUT2D eigenvalue weighted by Crippen LogP contribution is -2.42. The van der Waals surface area contributed by atoms with E-state index in [-0.39, 0.29) is 4.90 Å². The summed E-state index contributed by atoms with van der Waals surface area (Å²) in [5.74, 6) is 0.520. The first-order chi connectivity index (χ1) is 18.4. The first-order valence-corrected chi connectivity index (χ1v) is 13.7. The molecule has 1 aliphatic rings. The number of nitrogens with zero attached hydrogens (tertiary/aromatic N) is 1. The predicted molar refractivity (Wildman–Crippen MR) is 146 cm³/mol. The zero-order valence-electron chi connectivity index (χ0n) is 20.9. The average molecular weight is 529 g/mol. The monoisotopic (exact) mass is 528 g/mol. The van der Waals surface area contributed by atoms with Gasteiger partial charge in [0, 0.05) is 6.07 Å². The second-order valence-corrected chi connectivity index (χ2v) is 10.8. The van der Waals surface area contributed by atoms with Crippen LogP contribution in [0.2, 0.25) is 0 Å². The number of fused-ring (bicyclic) bond motifs is 1. The van der Waals surface area contributed by atoms with E-state index in [4.69, 9.17) is 9.47 Å². The Balaban J connectivity index is 1.50. The molecule has 0 unspecified atom stereocenters. The van der Waals surface area contributed by atoms with E-state index in [0.29, 0.717) is 30.4 Å². The van der Waals surface area contributed by atoms with Crippen LogP contribution in [-0.2, 0) is 14.8 Å². The van der Waals surface area contributed by atoms with Gasteiger partial charge in [-0.25, -0.2) is 8.42 Å². The average Bonchev–Trinajstić information content (AvgIpc) is 2.96. The summed E-state index contributed by atoms with van der Waals surface area (Å²) in [7, 11) is -4.07. The zero-order chi connectivity index (χ0) is 26.5. The second-order valence-electron chi connectivity index (χ2n) is 8.92. The van der Waals surface area contributed by atoms with Gasteiger partial charge in [0.25, 0.3) is 10.0 Å². The number of anilines is 1. The number of ether oxygens (including phenoxy) is 2. The van der Waals surface area contributed by atoms with Crippen LogP contribution in [0.1, 0.15) is 22.7 Å². The molecule has 194 valence electrons. The molecule has 0 spiro atoms. The van der Waals surface area contributed by atoms with Gasteiger partial charge in [0.1, 0.15) is 19.8 Å². The Hall–Kier alpha value is -4.30. The fraction of sp³-hybridized carbons (Fsp3) is 0.167. The molecule has 1 atom stereocenters. The van der Waals surface area contributed by atoms with E-state index in [0.717, 1.165) is 21.0 Å². The van der Waals surface area contributed by atoms with Crippen molar-refractivity contribution in [2.45, 2.75) is 17.9 Å². The van der Waals surface area contributed by atoms with Crippen LogP contribution in [0.4, 0.5) is 5.69 Å². The molecule has 1 heterocycles. The maximum Gasteiger partial charge on any atom is 0.264 e. The molecule has 0 bridgehead atoms. The van der Waals surface area contributed by atoms with Gasteiger partial charge in [-0.3, -0.25) is 9.10 Å². The summed E-state index contributed by atoms with van der Waals surface area (Å²) in [6, 6.07) is 29.9. The normalized spacial score (nSPS) is 13.4. The lowest BCUT2D eigenvalue weighted by Gasteiger charge is -2.28. The van der Waals surface area contributed by atoms with Crippen molar-refractivity contribution in [1.82, 2.24) is 5.32 Å². The Kier molecular flexibility index (Phi) is 7.33. The lowest BCUT2D eigenvalue weighted by atomic mass is 9.95. The van der Waals surface area contributed by atoms with Gasteiger partial charge < -0.3 is 14.8 Å². The van der Waals surface area contributed by atoms with Gasteiger partial charge >= 0.3 is 0 Å². The van der Waals surface area contributed by atoms with Crippen LogP contribution in [0.3, 0.4) is 0 Å². The number of sulfonamides is 1. The van der Waals surface area contributed by atoms with Gasteiger partial charge in [-0.2, -0.15) is 0 Å². The number of nitrogens with one attached hydrogen (secondary N) is 1. The Morgan fingerprint density at radius 1 is 0.842 bits per heavy atom. The number of rotatable bonds is 8. The number of aryl methyl sites for hydroxylation is 1. The molecule has 8 heteroatoms. The summed E-state index contributed by atoms with van der Waals surface area (Å²) in [6.07, 6.45) is 0. The quantitative estimate of drug-likeness (QED) is 0.353. The van der Waals surface area contributed by atoms with Crippen LogP contribution in [0.25, 0.3) is 0 Å². The number of carbonyl (C=O) groups is 1. The van der Waals surface area contributed by atoms with Crippen LogP contribution >= 0.6 is 0 Å². The Morgan fingerprint density at radius 2 is 1.47 bits per heavy atom.